The molecule has 20 heavy (non-hydrogen) atoms. The van der Waals surface area contributed by atoms with Crippen LogP contribution in [0.4, 0.5) is 0 Å². The molecule has 0 saturated heterocycles. The lowest BCUT2D eigenvalue weighted by molar-refractivity contribution is 0.283. The van der Waals surface area contributed by atoms with E-state index in [0.29, 0.717) is 0 Å². The van der Waals surface area contributed by atoms with Crippen LogP contribution in [0.25, 0.3) is 0 Å². The maximum Gasteiger partial charge on any atom is 0.0386 e. The van der Waals surface area contributed by atoms with Crippen LogP contribution >= 0.6 is 11.8 Å². The molecule has 2 heteroatoms. The third-order valence-electron chi connectivity index (χ3n) is 4.79. The van der Waals surface area contributed by atoms with Crippen LogP contribution in [0.1, 0.15) is 51.2 Å². The van der Waals surface area contributed by atoms with Gasteiger partial charge in [0.2, 0.25) is 0 Å². The average molecular weight is 289 g/mol. The van der Waals surface area contributed by atoms with Crippen LogP contribution < -0.4 is 0 Å². The van der Waals surface area contributed by atoms with Gasteiger partial charge < -0.3 is 0 Å². The van der Waals surface area contributed by atoms with Crippen molar-refractivity contribution in [3.05, 3.63) is 29.3 Å². The van der Waals surface area contributed by atoms with E-state index in [1.165, 1.54) is 35.3 Å². The summed E-state index contributed by atoms with van der Waals surface area (Å²) in [5, 5.41) is 0.786. The second-order valence-corrected chi connectivity index (χ2v) is 7.64. The third-order valence-corrected chi connectivity index (χ3v) is 6.24. The normalized spacial score (nSPS) is 27.6. The van der Waals surface area contributed by atoms with Crippen LogP contribution in [0.2, 0.25) is 0 Å². The highest BCUT2D eigenvalue weighted by atomic mass is 32.2. The second-order valence-electron chi connectivity index (χ2n) is 6.30. The molecule has 3 atom stereocenters. The van der Waals surface area contributed by atoms with Gasteiger partial charge >= 0.3 is 0 Å². The predicted molar refractivity (Wildman–Crippen MR) is 91.1 cm³/mol. The molecule has 1 nitrogen and oxygen atoms in total. The summed E-state index contributed by atoms with van der Waals surface area (Å²) in [5.74, 6) is 1.76. The highest BCUT2D eigenvalue weighted by molar-refractivity contribution is 8.00. The summed E-state index contributed by atoms with van der Waals surface area (Å²) in [7, 11) is 1.87. The zero-order chi connectivity index (χ0) is 14.7. The summed E-state index contributed by atoms with van der Waals surface area (Å²) in [6.07, 6.45) is 4.10. The first-order valence-corrected chi connectivity index (χ1v) is 8.60. The number of rotatable bonds is 3. The molecule has 0 radical (unpaired) electrons. The number of hydrogen-bond acceptors (Lipinski definition) is 2. The Kier molecular flexibility index (Phi) is 5.31. The van der Waals surface area contributed by atoms with Crippen molar-refractivity contribution < 1.29 is 0 Å². The maximum absolute atomic E-state index is 4.31. The summed E-state index contributed by atoms with van der Waals surface area (Å²) in [6, 6.07) is 6.75. The smallest absolute Gasteiger partial charge is 0.0386 e. The molecule has 0 aliphatic heterocycles. The van der Waals surface area contributed by atoms with Crippen molar-refractivity contribution in [1.82, 2.24) is 0 Å². The second kappa shape index (κ2) is 6.80. The Labute approximate surface area is 128 Å². The third kappa shape index (κ3) is 3.66. The van der Waals surface area contributed by atoms with Gasteiger partial charge in [0.05, 0.1) is 0 Å². The van der Waals surface area contributed by atoms with Crippen LogP contribution in [0.5, 0.6) is 0 Å². The summed E-state index contributed by atoms with van der Waals surface area (Å²) in [5.41, 5.74) is 3.78. The lowest BCUT2D eigenvalue weighted by Crippen LogP contribution is -2.22. The van der Waals surface area contributed by atoms with Crippen molar-refractivity contribution in [3.63, 3.8) is 0 Å². The summed E-state index contributed by atoms with van der Waals surface area (Å²) >= 11 is 2.08. The molecular weight excluding hydrogens is 262 g/mol. The van der Waals surface area contributed by atoms with E-state index >= 15 is 0 Å². The van der Waals surface area contributed by atoms with Crippen molar-refractivity contribution in [1.29, 1.82) is 0 Å². The molecule has 1 aromatic carbocycles. The number of aliphatic imine (C=N–C) groups is 1. The molecule has 0 bridgehead atoms. The van der Waals surface area contributed by atoms with E-state index < -0.39 is 0 Å². The lowest BCUT2D eigenvalue weighted by atomic mass is 9.81. The number of benzene rings is 1. The highest BCUT2D eigenvalue weighted by Crippen LogP contribution is 2.39. The van der Waals surface area contributed by atoms with E-state index in [-0.39, 0.29) is 0 Å². The molecule has 1 saturated carbocycles. The van der Waals surface area contributed by atoms with Crippen LogP contribution in [0.15, 0.2) is 28.1 Å². The summed E-state index contributed by atoms with van der Waals surface area (Å²) < 4.78 is 0. The van der Waals surface area contributed by atoms with Gasteiger partial charge in [0, 0.05) is 22.9 Å². The Morgan fingerprint density at radius 1 is 1.20 bits per heavy atom. The van der Waals surface area contributed by atoms with Crippen molar-refractivity contribution in [3.8, 4) is 0 Å². The number of hydrogen-bond donors (Lipinski definition) is 0. The van der Waals surface area contributed by atoms with E-state index in [1.807, 2.05) is 7.05 Å². The molecular formula is C18H27NS. The molecule has 1 aliphatic carbocycles. The number of aryl methyl sites for hydroxylation is 1. The molecule has 0 spiro atoms. The van der Waals surface area contributed by atoms with Crippen molar-refractivity contribution in [2.45, 2.75) is 57.1 Å². The number of nitrogens with zero attached hydrogens (tertiary/aromatic N) is 1. The first kappa shape index (κ1) is 15.6. The Morgan fingerprint density at radius 2 is 1.95 bits per heavy atom. The van der Waals surface area contributed by atoms with Crippen LogP contribution in [0, 0.1) is 18.8 Å². The molecule has 0 N–H and O–H groups in total. The molecule has 0 heterocycles. The molecule has 1 aliphatic rings. The minimum Gasteiger partial charge on any atom is -0.293 e. The van der Waals surface area contributed by atoms with E-state index in [1.54, 1.807) is 0 Å². The first-order chi connectivity index (χ1) is 9.51. The SMILES string of the molecule is CN=C(C)c1ccc(C)c(SC2CCC(C)C(C)C2)c1. The van der Waals surface area contributed by atoms with Crippen molar-refractivity contribution in [2.75, 3.05) is 7.05 Å². The molecule has 3 unspecified atom stereocenters. The maximum atomic E-state index is 4.31. The standard InChI is InChI=1S/C18H27NS/c1-12-7-9-17(10-14(12)3)20-18-11-16(15(4)19-5)8-6-13(18)2/h6,8,11-12,14,17H,7,9-10H2,1-5H3. The van der Waals surface area contributed by atoms with Gasteiger partial charge in [0.25, 0.3) is 0 Å². The molecule has 0 aromatic heterocycles. The van der Waals surface area contributed by atoms with E-state index in [4.69, 9.17) is 0 Å². The van der Waals surface area contributed by atoms with Gasteiger partial charge in [0.15, 0.2) is 0 Å². The van der Waals surface area contributed by atoms with Gasteiger partial charge in [-0.05, 0) is 62.1 Å². The minimum absolute atomic E-state index is 0.786. The fourth-order valence-electron chi connectivity index (χ4n) is 2.87. The van der Waals surface area contributed by atoms with E-state index in [9.17, 15) is 0 Å². The first-order valence-electron chi connectivity index (χ1n) is 7.72. The van der Waals surface area contributed by atoms with E-state index in [0.717, 1.165) is 22.8 Å². The van der Waals surface area contributed by atoms with Gasteiger partial charge in [-0.1, -0.05) is 26.0 Å². The Morgan fingerprint density at radius 3 is 2.60 bits per heavy atom. The van der Waals surface area contributed by atoms with Gasteiger partial charge in [-0.25, -0.2) is 0 Å². The fourth-order valence-corrected chi connectivity index (χ4v) is 4.33. The van der Waals surface area contributed by atoms with Gasteiger partial charge in [-0.3, -0.25) is 4.99 Å². The Balaban J connectivity index is 2.13. The van der Waals surface area contributed by atoms with Gasteiger partial charge in [0.1, 0.15) is 0 Å². The monoisotopic (exact) mass is 289 g/mol. The molecule has 1 fully saturated rings. The molecule has 2 rings (SSSR count). The molecule has 110 valence electrons. The summed E-state index contributed by atoms with van der Waals surface area (Å²) in [4.78, 5) is 5.75. The topological polar surface area (TPSA) is 12.4 Å². The van der Waals surface area contributed by atoms with Gasteiger partial charge in [-0.15, -0.1) is 11.8 Å². The summed E-state index contributed by atoms with van der Waals surface area (Å²) in [6.45, 7) is 9.12. The van der Waals surface area contributed by atoms with Crippen LogP contribution in [-0.2, 0) is 0 Å². The Bertz CT molecular complexity index is 492. The molecule has 0 amide bonds. The van der Waals surface area contributed by atoms with E-state index in [2.05, 4.69) is 62.6 Å². The average Bonchev–Trinajstić information content (AvgIpc) is 2.44. The van der Waals surface area contributed by atoms with Crippen molar-refractivity contribution in [2.24, 2.45) is 16.8 Å². The van der Waals surface area contributed by atoms with Crippen LogP contribution in [-0.4, -0.2) is 18.0 Å². The fraction of sp³-hybridized carbons (Fsp3) is 0.611. The minimum atomic E-state index is 0.786. The van der Waals surface area contributed by atoms with Crippen LogP contribution in [0.3, 0.4) is 0 Å². The molecule has 1 aromatic rings. The predicted octanol–water partition coefficient (Wildman–Crippen LogP) is 5.35. The quantitative estimate of drug-likeness (QED) is 0.683. The zero-order valence-electron chi connectivity index (χ0n) is 13.4. The largest absolute Gasteiger partial charge is 0.293 e. The Hall–Kier alpha value is -0.760. The van der Waals surface area contributed by atoms with Crippen molar-refractivity contribution >= 4 is 17.5 Å². The van der Waals surface area contributed by atoms with Gasteiger partial charge in [-0.2, -0.15) is 0 Å². The lowest BCUT2D eigenvalue weighted by Gasteiger charge is -2.32. The number of thioether (sulfide) groups is 1. The zero-order valence-corrected chi connectivity index (χ0v) is 14.3. The highest BCUT2D eigenvalue weighted by Gasteiger charge is 2.25.